The Hall–Kier alpha value is -1.12. The third-order valence-electron chi connectivity index (χ3n) is 3.50. The molecule has 0 aliphatic carbocycles. The first-order chi connectivity index (χ1) is 11.1. The van der Waals surface area contributed by atoms with Crippen LogP contribution in [0.25, 0.3) is 11.2 Å². The number of rotatable bonds is 5. The van der Waals surface area contributed by atoms with E-state index in [9.17, 15) is 15.3 Å². The van der Waals surface area contributed by atoms with Crippen LogP contribution < -0.4 is 5.48 Å². The van der Waals surface area contributed by atoms with Crippen LogP contribution in [0.2, 0.25) is 0 Å². The summed E-state index contributed by atoms with van der Waals surface area (Å²) in [6, 6.07) is 0. The lowest BCUT2D eigenvalue weighted by atomic mass is 10.1. The van der Waals surface area contributed by atoms with E-state index in [-0.39, 0.29) is 0 Å². The fraction of sp³-hybridized carbons (Fsp3) is 0.583. The molecule has 1 saturated heterocycles. The van der Waals surface area contributed by atoms with Crippen molar-refractivity contribution in [3.8, 4) is 0 Å². The average molecular weight is 437 g/mol. The standard InChI is InChI=1S/C12H16IN5O5/c1-2-22-17-9-6-10(16-12(13)15-9)18(4-14-6)11-8(21)7(20)5(3-19)23-11/h4-5,7-8,11,19-21H,2-3H2,1H3,(H,15,16,17)/t5-,7-,8-,11-/m1/s1. The molecule has 0 aromatic carbocycles. The zero-order chi connectivity index (χ0) is 16.6. The van der Waals surface area contributed by atoms with Crippen molar-refractivity contribution in [1.29, 1.82) is 0 Å². The van der Waals surface area contributed by atoms with E-state index in [1.54, 1.807) is 0 Å². The van der Waals surface area contributed by atoms with Crippen LogP contribution in [0.1, 0.15) is 13.2 Å². The molecule has 2 aromatic heterocycles. The van der Waals surface area contributed by atoms with Crippen LogP contribution in [0.15, 0.2) is 6.33 Å². The van der Waals surface area contributed by atoms with Crippen molar-refractivity contribution >= 4 is 39.6 Å². The van der Waals surface area contributed by atoms with Crippen LogP contribution in [0.5, 0.6) is 0 Å². The number of aliphatic hydroxyl groups is 3. The highest BCUT2D eigenvalue weighted by Crippen LogP contribution is 2.32. The van der Waals surface area contributed by atoms with Crippen molar-refractivity contribution in [2.75, 3.05) is 18.7 Å². The Kier molecular flexibility index (Phi) is 4.93. The maximum Gasteiger partial charge on any atom is 0.194 e. The van der Waals surface area contributed by atoms with Gasteiger partial charge in [-0.3, -0.25) is 9.40 Å². The minimum Gasteiger partial charge on any atom is -0.394 e. The molecule has 0 bridgehead atoms. The molecule has 0 unspecified atom stereocenters. The van der Waals surface area contributed by atoms with Crippen molar-refractivity contribution in [3.63, 3.8) is 0 Å². The average Bonchev–Trinajstić information content (AvgIpc) is 3.07. The minimum atomic E-state index is -1.21. The SMILES string of the molecule is CCONc1nc(I)nc2c1ncn2[C@@H]1O[C@H](CO)[C@@H](O)[C@H]1O. The molecule has 3 rings (SSSR count). The van der Waals surface area contributed by atoms with E-state index in [1.807, 2.05) is 29.5 Å². The normalized spacial score (nSPS) is 27.7. The minimum absolute atomic E-state index is 0.395. The van der Waals surface area contributed by atoms with E-state index in [4.69, 9.17) is 9.57 Å². The molecule has 0 saturated carbocycles. The summed E-state index contributed by atoms with van der Waals surface area (Å²) in [5.74, 6) is 0.395. The van der Waals surface area contributed by atoms with E-state index in [1.165, 1.54) is 10.9 Å². The zero-order valence-corrected chi connectivity index (χ0v) is 14.3. The Labute approximate surface area is 144 Å². The maximum absolute atomic E-state index is 10.1. The number of hydrogen-bond acceptors (Lipinski definition) is 9. The number of anilines is 1. The first-order valence-corrected chi connectivity index (χ1v) is 8.05. The number of hydrogen-bond donors (Lipinski definition) is 4. The lowest BCUT2D eigenvalue weighted by Gasteiger charge is -2.16. The van der Waals surface area contributed by atoms with Gasteiger partial charge in [-0.1, -0.05) is 0 Å². The molecular weight excluding hydrogens is 421 g/mol. The van der Waals surface area contributed by atoms with Gasteiger partial charge in [0.1, 0.15) is 18.3 Å². The number of imidazole rings is 1. The summed E-state index contributed by atoms with van der Waals surface area (Å²) in [6.45, 7) is 1.87. The number of aromatic nitrogens is 4. The molecule has 23 heavy (non-hydrogen) atoms. The van der Waals surface area contributed by atoms with Gasteiger partial charge in [0.25, 0.3) is 0 Å². The Morgan fingerprint density at radius 3 is 2.83 bits per heavy atom. The monoisotopic (exact) mass is 437 g/mol. The molecule has 0 radical (unpaired) electrons. The van der Waals surface area contributed by atoms with Gasteiger partial charge in [-0.2, -0.15) is 0 Å². The molecule has 2 aromatic rings. The van der Waals surface area contributed by atoms with Crippen molar-refractivity contribution in [2.24, 2.45) is 0 Å². The van der Waals surface area contributed by atoms with Crippen molar-refractivity contribution < 1.29 is 24.9 Å². The van der Waals surface area contributed by atoms with Gasteiger partial charge in [0, 0.05) is 22.6 Å². The molecule has 3 heterocycles. The summed E-state index contributed by atoms with van der Waals surface area (Å²) in [6.07, 6.45) is -2.73. The van der Waals surface area contributed by atoms with E-state index >= 15 is 0 Å². The van der Waals surface area contributed by atoms with E-state index < -0.39 is 31.1 Å². The highest BCUT2D eigenvalue weighted by atomic mass is 127. The van der Waals surface area contributed by atoms with E-state index in [2.05, 4.69) is 20.4 Å². The first-order valence-electron chi connectivity index (χ1n) is 6.97. The fourth-order valence-corrected chi connectivity index (χ4v) is 2.87. The number of halogens is 1. The quantitative estimate of drug-likeness (QED) is 0.275. The molecule has 11 heteroatoms. The number of nitrogens with zero attached hydrogens (tertiary/aromatic N) is 4. The Morgan fingerprint density at radius 2 is 2.17 bits per heavy atom. The van der Waals surface area contributed by atoms with Crippen LogP contribution in [-0.2, 0) is 9.57 Å². The van der Waals surface area contributed by atoms with Crippen molar-refractivity contribution in [1.82, 2.24) is 19.5 Å². The van der Waals surface area contributed by atoms with Gasteiger partial charge in [-0.15, -0.1) is 0 Å². The fourth-order valence-electron chi connectivity index (χ4n) is 2.40. The van der Waals surface area contributed by atoms with Crippen LogP contribution in [0.4, 0.5) is 5.82 Å². The van der Waals surface area contributed by atoms with E-state index in [0.29, 0.717) is 27.4 Å². The summed E-state index contributed by atoms with van der Waals surface area (Å²) in [7, 11) is 0. The van der Waals surface area contributed by atoms with Gasteiger partial charge < -0.3 is 20.1 Å². The first kappa shape index (κ1) is 16.7. The summed E-state index contributed by atoms with van der Waals surface area (Å²) in [5, 5.41) is 29.2. The predicted molar refractivity (Wildman–Crippen MR) is 86.3 cm³/mol. The molecule has 1 fully saturated rings. The maximum atomic E-state index is 10.1. The molecule has 0 amide bonds. The molecule has 0 spiro atoms. The molecule has 126 valence electrons. The van der Waals surface area contributed by atoms with Crippen molar-refractivity contribution in [2.45, 2.75) is 31.5 Å². The summed E-state index contributed by atoms with van der Waals surface area (Å²) in [4.78, 5) is 17.9. The van der Waals surface area contributed by atoms with Crippen LogP contribution in [-0.4, -0.2) is 66.4 Å². The Balaban J connectivity index is 2.01. The van der Waals surface area contributed by atoms with Crippen LogP contribution >= 0.6 is 22.6 Å². The highest BCUT2D eigenvalue weighted by Gasteiger charge is 2.44. The number of ether oxygens (including phenoxy) is 1. The van der Waals surface area contributed by atoms with Gasteiger partial charge in [0.15, 0.2) is 27.0 Å². The van der Waals surface area contributed by atoms with E-state index in [0.717, 1.165) is 0 Å². The largest absolute Gasteiger partial charge is 0.394 e. The molecule has 10 nitrogen and oxygen atoms in total. The molecule has 4 N–H and O–H groups in total. The summed E-state index contributed by atoms with van der Waals surface area (Å²) in [5.41, 5.74) is 3.56. The van der Waals surface area contributed by atoms with Gasteiger partial charge in [-0.05, 0) is 6.92 Å². The second-order valence-corrected chi connectivity index (χ2v) is 5.89. The molecule has 1 aliphatic heterocycles. The third-order valence-corrected chi connectivity index (χ3v) is 3.98. The third kappa shape index (κ3) is 2.99. The smallest absolute Gasteiger partial charge is 0.194 e. The molecule has 4 atom stereocenters. The molecule has 1 aliphatic rings. The molecular formula is C12H16IN5O5. The Bertz CT molecular complexity index is 698. The van der Waals surface area contributed by atoms with Gasteiger partial charge in [0.2, 0.25) is 0 Å². The van der Waals surface area contributed by atoms with Gasteiger partial charge >= 0.3 is 0 Å². The lowest BCUT2D eigenvalue weighted by molar-refractivity contribution is -0.0511. The zero-order valence-electron chi connectivity index (χ0n) is 12.1. The summed E-state index contributed by atoms with van der Waals surface area (Å²) < 4.78 is 7.46. The van der Waals surface area contributed by atoms with Crippen LogP contribution in [0, 0.1) is 3.83 Å². The van der Waals surface area contributed by atoms with Crippen LogP contribution in [0.3, 0.4) is 0 Å². The lowest BCUT2D eigenvalue weighted by Crippen LogP contribution is -2.33. The topological polar surface area (TPSA) is 135 Å². The van der Waals surface area contributed by atoms with Gasteiger partial charge in [-0.25, -0.2) is 20.4 Å². The number of fused-ring (bicyclic) bond motifs is 1. The second kappa shape index (κ2) is 6.78. The Morgan fingerprint density at radius 1 is 1.39 bits per heavy atom. The number of aliphatic hydroxyl groups excluding tert-OH is 3. The second-order valence-electron chi connectivity index (χ2n) is 4.93. The predicted octanol–water partition coefficient (Wildman–Crippen LogP) is -0.594. The highest BCUT2D eigenvalue weighted by molar-refractivity contribution is 14.1. The number of nitrogens with one attached hydrogen (secondary N) is 1. The van der Waals surface area contributed by atoms with Gasteiger partial charge in [0.05, 0.1) is 19.5 Å². The van der Waals surface area contributed by atoms with Crippen molar-refractivity contribution in [3.05, 3.63) is 10.2 Å². The summed E-state index contributed by atoms with van der Waals surface area (Å²) >= 11 is 1.95.